The van der Waals surface area contributed by atoms with Crippen LogP contribution in [0.2, 0.25) is 0 Å². The molecule has 1 aliphatic rings. The normalized spacial score (nSPS) is 13.2. The molecule has 2 heterocycles. The summed E-state index contributed by atoms with van der Waals surface area (Å²) < 4.78 is 2.45. The fraction of sp³-hybridized carbons (Fsp3) is 0.0652. The molecule has 4 nitrogen and oxygen atoms in total. The molecule has 4 heteroatoms. The molecule has 1 aliphatic carbocycles. The SMILES string of the molecule is CC1(C)c2ccccc2-c2c1c1ccccc1c1c2c2ccccc2n1-c1ccc(-c2nc(-c3ccccc3)nc(-c3ccccc3)n2)cc1. The third-order valence-electron chi connectivity index (χ3n) is 10.4. The van der Waals surface area contributed by atoms with Crippen LogP contribution in [0.4, 0.5) is 0 Å². The highest BCUT2D eigenvalue weighted by Gasteiger charge is 2.39. The van der Waals surface area contributed by atoms with Crippen molar-refractivity contribution in [3.8, 4) is 51.0 Å². The smallest absolute Gasteiger partial charge is 0.164 e. The number of rotatable bonds is 4. The number of benzene rings is 7. The lowest BCUT2D eigenvalue weighted by atomic mass is 9.79. The van der Waals surface area contributed by atoms with Gasteiger partial charge >= 0.3 is 0 Å². The first kappa shape index (κ1) is 28.6. The van der Waals surface area contributed by atoms with Crippen molar-refractivity contribution in [2.45, 2.75) is 19.3 Å². The number of hydrogen-bond acceptors (Lipinski definition) is 3. The summed E-state index contributed by atoms with van der Waals surface area (Å²) in [6.45, 7) is 4.75. The van der Waals surface area contributed by atoms with Crippen LogP contribution in [0.5, 0.6) is 0 Å². The van der Waals surface area contributed by atoms with Gasteiger partial charge in [0.2, 0.25) is 0 Å². The van der Waals surface area contributed by atoms with Crippen molar-refractivity contribution in [1.82, 2.24) is 19.5 Å². The lowest BCUT2D eigenvalue weighted by Crippen LogP contribution is -2.15. The van der Waals surface area contributed by atoms with Gasteiger partial charge in [0.15, 0.2) is 17.5 Å². The van der Waals surface area contributed by atoms with Gasteiger partial charge in [-0.1, -0.05) is 141 Å². The van der Waals surface area contributed by atoms with Crippen molar-refractivity contribution in [1.29, 1.82) is 0 Å². The van der Waals surface area contributed by atoms with Gasteiger partial charge in [-0.05, 0) is 58.0 Å². The molecule has 50 heavy (non-hydrogen) atoms. The highest BCUT2D eigenvalue weighted by atomic mass is 15.0. The summed E-state index contributed by atoms with van der Waals surface area (Å²) in [5.74, 6) is 1.96. The molecule has 0 amide bonds. The Labute approximate surface area is 290 Å². The monoisotopic (exact) mass is 640 g/mol. The first-order valence-electron chi connectivity index (χ1n) is 17.1. The summed E-state index contributed by atoms with van der Waals surface area (Å²) >= 11 is 0. The highest BCUT2D eigenvalue weighted by Crippen LogP contribution is 2.56. The molecule has 0 atom stereocenters. The van der Waals surface area contributed by atoms with Crippen LogP contribution < -0.4 is 0 Å². The fourth-order valence-corrected chi connectivity index (χ4v) is 8.18. The van der Waals surface area contributed by atoms with E-state index in [4.69, 9.17) is 15.0 Å². The zero-order valence-electron chi connectivity index (χ0n) is 27.8. The van der Waals surface area contributed by atoms with Crippen LogP contribution in [0, 0.1) is 0 Å². The standard InChI is InChI=1S/C46H32N4/c1-46(2)37-23-13-11-21-35(37)39-40-36-22-12-14-24-38(36)50(42(40)34-20-10-9-19-33(34)41(39)46)32-27-25-31(26-28-32)45-48-43(29-15-5-3-6-16-29)47-44(49-45)30-17-7-4-8-18-30/h3-28H,1-2H3. The second-order valence-corrected chi connectivity index (χ2v) is 13.6. The van der Waals surface area contributed by atoms with Gasteiger partial charge in [0, 0.05) is 44.0 Å². The van der Waals surface area contributed by atoms with Crippen LogP contribution in [0.3, 0.4) is 0 Å². The Morgan fingerprint density at radius 3 is 1.60 bits per heavy atom. The van der Waals surface area contributed by atoms with Crippen LogP contribution in [0.1, 0.15) is 25.0 Å². The Morgan fingerprint density at radius 1 is 0.460 bits per heavy atom. The van der Waals surface area contributed by atoms with Crippen molar-refractivity contribution in [3.05, 3.63) is 169 Å². The molecule has 9 aromatic rings. The third-order valence-corrected chi connectivity index (χ3v) is 10.4. The highest BCUT2D eigenvalue weighted by molar-refractivity contribution is 6.26. The largest absolute Gasteiger partial charge is 0.309 e. The second kappa shape index (κ2) is 10.8. The summed E-state index contributed by atoms with van der Waals surface area (Å²) in [6.07, 6.45) is 0. The van der Waals surface area contributed by atoms with Crippen molar-refractivity contribution >= 4 is 32.6 Å². The molecular weight excluding hydrogens is 609 g/mol. The van der Waals surface area contributed by atoms with E-state index in [-0.39, 0.29) is 5.41 Å². The Bertz CT molecular complexity index is 2700. The quantitative estimate of drug-likeness (QED) is 0.192. The van der Waals surface area contributed by atoms with Crippen molar-refractivity contribution < 1.29 is 0 Å². The first-order valence-corrected chi connectivity index (χ1v) is 17.1. The molecule has 0 aliphatic heterocycles. The summed E-state index contributed by atoms with van der Waals surface area (Å²) in [4.78, 5) is 14.8. The Morgan fingerprint density at radius 2 is 0.960 bits per heavy atom. The minimum absolute atomic E-state index is 0.119. The molecule has 0 saturated heterocycles. The minimum atomic E-state index is -0.119. The van der Waals surface area contributed by atoms with Crippen molar-refractivity contribution in [3.63, 3.8) is 0 Å². The molecular formula is C46H32N4. The molecule has 236 valence electrons. The van der Waals surface area contributed by atoms with Crippen LogP contribution in [0.15, 0.2) is 158 Å². The molecule has 0 saturated carbocycles. The fourth-order valence-electron chi connectivity index (χ4n) is 8.18. The number of nitrogens with zero attached hydrogens (tertiary/aromatic N) is 4. The molecule has 0 fully saturated rings. The summed E-state index contributed by atoms with van der Waals surface area (Å²) in [5, 5.41) is 5.15. The van der Waals surface area contributed by atoms with Crippen molar-refractivity contribution in [2.24, 2.45) is 0 Å². The lowest BCUT2D eigenvalue weighted by molar-refractivity contribution is 0.666. The Balaban J connectivity index is 1.21. The van der Waals surface area contributed by atoms with Crippen LogP contribution in [-0.2, 0) is 5.41 Å². The van der Waals surface area contributed by atoms with E-state index in [1.54, 1.807) is 0 Å². The van der Waals surface area contributed by atoms with Crippen LogP contribution in [0.25, 0.3) is 83.6 Å². The van der Waals surface area contributed by atoms with E-state index in [0.717, 1.165) is 22.4 Å². The van der Waals surface area contributed by atoms with Gasteiger partial charge in [-0.15, -0.1) is 0 Å². The van der Waals surface area contributed by atoms with E-state index in [0.29, 0.717) is 17.5 Å². The first-order chi connectivity index (χ1) is 24.6. The molecule has 2 aromatic heterocycles. The number of fused-ring (bicyclic) bond motifs is 10. The zero-order chi connectivity index (χ0) is 33.4. The zero-order valence-corrected chi connectivity index (χ0v) is 27.8. The van der Waals surface area contributed by atoms with Gasteiger partial charge < -0.3 is 4.57 Å². The average molecular weight is 641 g/mol. The minimum Gasteiger partial charge on any atom is -0.309 e. The maximum Gasteiger partial charge on any atom is 0.164 e. The number of hydrogen-bond donors (Lipinski definition) is 0. The van der Waals surface area contributed by atoms with E-state index in [2.05, 4.69) is 115 Å². The average Bonchev–Trinajstić information content (AvgIpc) is 3.65. The van der Waals surface area contributed by atoms with Crippen LogP contribution >= 0.6 is 0 Å². The number of para-hydroxylation sites is 1. The van der Waals surface area contributed by atoms with Crippen LogP contribution in [-0.4, -0.2) is 19.5 Å². The second-order valence-electron chi connectivity index (χ2n) is 13.6. The van der Waals surface area contributed by atoms with Gasteiger partial charge in [0.1, 0.15) is 0 Å². The Kier molecular flexibility index (Phi) is 6.19. The summed E-state index contributed by atoms with van der Waals surface area (Å²) in [5.41, 5.74) is 11.7. The predicted octanol–water partition coefficient (Wildman–Crippen LogP) is 11.4. The third kappa shape index (κ3) is 4.15. The molecule has 0 unspecified atom stereocenters. The van der Waals surface area contributed by atoms with E-state index in [9.17, 15) is 0 Å². The van der Waals surface area contributed by atoms with Gasteiger partial charge in [0.25, 0.3) is 0 Å². The van der Waals surface area contributed by atoms with Gasteiger partial charge in [-0.3, -0.25) is 0 Å². The maximum absolute atomic E-state index is 4.98. The van der Waals surface area contributed by atoms with E-state index >= 15 is 0 Å². The molecule has 0 bridgehead atoms. The summed E-state index contributed by atoms with van der Waals surface area (Å²) in [7, 11) is 0. The molecule has 7 aromatic carbocycles. The number of aromatic nitrogens is 4. The summed E-state index contributed by atoms with van der Waals surface area (Å²) in [6, 6.07) is 55.7. The Hall–Kier alpha value is -6.39. The molecule has 0 spiro atoms. The van der Waals surface area contributed by atoms with Gasteiger partial charge in [0.05, 0.1) is 11.0 Å². The lowest BCUT2D eigenvalue weighted by Gasteiger charge is -2.24. The predicted molar refractivity (Wildman–Crippen MR) is 206 cm³/mol. The molecule has 0 radical (unpaired) electrons. The van der Waals surface area contributed by atoms with E-state index in [1.807, 2.05) is 60.7 Å². The molecule has 0 N–H and O–H groups in total. The van der Waals surface area contributed by atoms with E-state index < -0.39 is 0 Å². The molecule has 10 rings (SSSR count). The topological polar surface area (TPSA) is 43.6 Å². The van der Waals surface area contributed by atoms with Crippen molar-refractivity contribution in [2.75, 3.05) is 0 Å². The van der Waals surface area contributed by atoms with E-state index in [1.165, 1.54) is 54.8 Å². The maximum atomic E-state index is 4.98. The van der Waals surface area contributed by atoms with Gasteiger partial charge in [-0.2, -0.15) is 0 Å². The van der Waals surface area contributed by atoms with Gasteiger partial charge in [-0.25, -0.2) is 15.0 Å².